The van der Waals surface area contributed by atoms with Crippen molar-refractivity contribution in [3.63, 3.8) is 0 Å². The van der Waals surface area contributed by atoms with Crippen molar-refractivity contribution in [2.45, 2.75) is 0 Å². The second kappa shape index (κ2) is 5.18. The molecule has 1 fully saturated rings. The van der Waals surface area contributed by atoms with Crippen molar-refractivity contribution in [1.82, 2.24) is 9.97 Å². The number of benzene rings is 1. The average molecular weight is 281 g/mol. The van der Waals surface area contributed by atoms with E-state index in [0.29, 0.717) is 5.71 Å². The van der Waals surface area contributed by atoms with Gasteiger partial charge in [0.25, 0.3) is 0 Å². The van der Waals surface area contributed by atoms with Crippen molar-refractivity contribution >= 4 is 17.0 Å². The van der Waals surface area contributed by atoms with Gasteiger partial charge < -0.3 is 14.1 Å². The molecule has 106 valence electrons. The van der Waals surface area contributed by atoms with Gasteiger partial charge in [0.15, 0.2) is 0 Å². The van der Waals surface area contributed by atoms with Gasteiger partial charge in [-0.05, 0) is 0 Å². The smallest absolute Gasteiger partial charge is 0.245 e. The first-order valence-corrected chi connectivity index (χ1v) is 7.05. The predicted molar refractivity (Wildman–Crippen MR) is 80.3 cm³/mol. The van der Waals surface area contributed by atoms with Crippen LogP contribution in [0.1, 0.15) is 0 Å². The monoisotopic (exact) mass is 281 g/mol. The van der Waals surface area contributed by atoms with Crippen molar-refractivity contribution in [2.24, 2.45) is 0 Å². The molecule has 0 N–H and O–H groups in total. The molecule has 0 spiro atoms. The summed E-state index contributed by atoms with van der Waals surface area (Å²) in [6, 6.07) is 11.9. The van der Waals surface area contributed by atoms with Crippen LogP contribution >= 0.6 is 0 Å². The van der Waals surface area contributed by atoms with Gasteiger partial charge in [0.05, 0.1) is 19.4 Å². The molecule has 1 saturated heterocycles. The molecule has 0 unspecified atom stereocenters. The highest BCUT2D eigenvalue weighted by atomic mass is 16.5. The molecule has 1 aliphatic heterocycles. The summed E-state index contributed by atoms with van der Waals surface area (Å²) < 4.78 is 11.1. The Morgan fingerprint density at radius 2 is 1.86 bits per heavy atom. The lowest BCUT2D eigenvalue weighted by Crippen LogP contribution is -2.36. The summed E-state index contributed by atoms with van der Waals surface area (Å²) in [7, 11) is 0. The maximum Gasteiger partial charge on any atom is 0.245 e. The number of aromatic nitrogens is 2. The van der Waals surface area contributed by atoms with E-state index in [2.05, 4.69) is 14.9 Å². The number of anilines is 1. The fourth-order valence-electron chi connectivity index (χ4n) is 2.50. The van der Waals surface area contributed by atoms with Crippen LogP contribution in [0.3, 0.4) is 0 Å². The third-order valence-electron chi connectivity index (χ3n) is 3.62. The molecule has 0 aliphatic carbocycles. The van der Waals surface area contributed by atoms with Gasteiger partial charge in [0.2, 0.25) is 5.71 Å². The van der Waals surface area contributed by atoms with E-state index in [1.807, 2.05) is 36.4 Å². The fraction of sp³-hybridized carbons (Fsp3) is 0.250. The van der Waals surface area contributed by atoms with Crippen LogP contribution in [0.25, 0.3) is 22.6 Å². The van der Waals surface area contributed by atoms with E-state index in [1.54, 1.807) is 6.20 Å². The van der Waals surface area contributed by atoms with Gasteiger partial charge in [-0.15, -0.1) is 0 Å². The zero-order valence-corrected chi connectivity index (χ0v) is 11.5. The quantitative estimate of drug-likeness (QED) is 0.723. The summed E-state index contributed by atoms with van der Waals surface area (Å²) in [6.45, 7) is 3.17. The maximum atomic E-state index is 5.78. The first kappa shape index (κ1) is 12.3. The van der Waals surface area contributed by atoms with Crippen LogP contribution in [0.2, 0.25) is 0 Å². The molecule has 0 saturated carbocycles. The molecule has 0 amide bonds. The van der Waals surface area contributed by atoms with Gasteiger partial charge in [0, 0.05) is 24.7 Å². The number of morpholine rings is 1. The Balaban J connectivity index is 1.71. The highest BCUT2D eigenvalue weighted by Crippen LogP contribution is 2.26. The largest absolute Gasteiger partial charge is 0.436 e. The molecule has 2 aromatic heterocycles. The van der Waals surface area contributed by atoms with Crippen molar-refractivity contribution in [1.29, 1.82) is 0 Å². The van der Waals surface area contributed by atoms with E-state index in [1.165, 1.54) is 0 Å². The van der Waals surface area contributed by atoms with E-state index < -0.39 is 0 Å². The second-order valence-corrected chi connectivity index (χ2v) is 4.99. The van der Waals surface area contributed by atoms with Gasteiger partial charge in [-0.1, -0.05) is 30.3 Å². The molecule has 0 bridgehead atoms. The molecule has 5 nitrogen and oxygen atoms in total. The van der Waals surface area contributed by atoms with E-state index in [0.717, 1.165) is 49.0 Å². The number of fused-ring (bicyclic) bond motifs is 1. The lowest BCUT2D eigenvalue weighted by Gasteiger charge is -2.27. The highest BCUT2D eigenvalue weighted by molar-refractivity contribution is 5.77. The van der Waals surface area contributed by atoms with Crippen molar-refractivity contribution in [2.75, 3.05) is 31.2 Å². The number of ether oxygens (including phenoxy) is 1. The maximum absolute atomic E-state index is 5.78. The molecule has 21 heavy (non-hydrogen) atoms. The van der Waals surface area contributed by atoms with Crippen molar-refractivity contribution in [3.8, 4) is 11.3 Å². The summed E-state index contributed by atoms with van der Waals surface area (Å²) in [5, 5.41) is 0. The predicted octanol–water partition coefficient (Wildman–Crippen LogP) is 2.73. The van der Waals surface area contributed by atoms with Gasteiger partial charge >= 0.3 is 0 Å². The Morgan fingerprint density at radius 1 is 1.05 bits per heavy atom. The van der Waals surface area contributed by atoms with Crippen molar-refractivity contribution in [3.05, 3.63) is 42.6 Å². The van der Waals surface area contributed by atoms with Crippen molar-refractivity contribution < 1.29 is 9.15 Å². The number of rotatable bonds is 2. The Hall–Kier alpha value is -2.40. The molecule has 5 heteroatoms. The zero-order chi connectivity index (χ0) is 14.1. The number of furan rings is 1. The van der Waals surface area contributed by atoms with Crippen LogP contribution in [0.5, 0.6) is 0 Å². The average Bonchev–Trinajstić information content (AvgIpc) is 2.99. The minimum atomic E-state index is 0.575. The number of hydrogen-bond donors (Lipinski definition) is 0. The van der Waals surface area contributed by atoms with Crippen LogP contribution in [-0.4, -0.2) is 36.3 Å². The summed E-state index contributed by atoms with van der Waals surface area (Å²) in [5.41, 5.74) is 2.40. The molecule has 1 aromatic carbocycles. The zero-order valence-electron chi connectivity index (χ0n) is 11.5. The third kappa shape index (κ3) is 2.36. The summed E-state index contributed by atoms with van der Waals surface area (Å²) >= 11 is 0. The standard InChI is InChI=1S/C16H15N3O2/c1-2-4-12(5-3-1)14-10-13-16(21-14)17-11-15(18-13)19-6-8-20-9-7-19/h1-5,10-11H,6-9H2. The van der Waals surface area contributed by atoms with Crippen LogP contribution < -0.4 is 4.90 Å². The lowest BCUT2D eigenvalue weighted by atomic mass is 10.2. The van der Waals surface area contributed by atoms with Crippen LogP contribution in [0.4, 0.5) is 5.82 Å². The van der Waals surface area contributed by atoms with Crippen LogP contribution in [-0.2, 0) is 4.74 Å². The topological polar surface area (TPSA) is 51.4 Å². The molecular weight excluding hydrogens is 266 g/mol. The molecule has 1 aliphatic rings. The van der Waals surface area contributed by atoms with E-state index >= 15 is 0 Å². The number of nitrogens with zero attached hydrogens (tertiary/aromatic N) is 3. The van der Waals surface area contributed by atoms with Gasteiger partial charge in [-0.25, -0.2) is 9.97 Å². The summed E-state index contributed by atoms with van der Waals surface area (Å²) in [6.07, 6.45) is 1.77. The molecule has 3 heterocycles. The minimum absolute atomic E-state index is 0.575. The van der Waals surface area contributed by atoms with Crippen LogP contribution in [0, 0.1) is 0 Å². The molecule has 4 rings (SSSR count). The molecule has 3 aromatic rings. The van der Waals surface area contributed by atoms with E-state index in [4.69, 9.17) is 9.15 Å². The Morgan fingerprint density at radius 3 is 2.67 bits per heavy atom. The van der Waals surface area contributed by atoms with Gasteiger partial charge in [-0.2, -0.15) is 0 Å². The van der Waals surface area contributed by atoms with E-state index in [-0.39, 0.29) is 0 Å². The van der Waals surface area contributed by atoms with E-state index in [9.17, 15) is 0 Å². The van der Waals surface area contributed by atoms with Gasteiger partial charge in [0.1, 0.15) is 17.1 Å². The summed E-state index contributed by atoms with van der Waals surface area (Å²) in [4.78, 5) is 11.2. The SMILES string of the molecule is c1ccc(-c2cc3nc(N4CCOCC4)cnc3o2)cc1. The first-order valence-electron chi connectivity index (χ1n) is 7.05. The normalized spacial score (nSPS) is 15.5. The highest BCUT2D eigenvalue weighted by Gasteiger charge is 2.15. The molecular formula is C16H15N3O2. The minimum Gasteiger partial charge on any atom is -0.436 e. The Labute approximate surface area is 122 Å². The fourth-order valence-corrected chi connectivity index (χ4v) is 2.50. The number of hydrogen-bond acceptors (Lipinski definition) is 5. The first-order chi connectivity index (χ1) is 10.4. The van der Waals surface area contributed by atoms with Gasteiger partial charge in [-0.3, -0.25) is 0 Å². The Bertz CT molecular complexity index is 749. The summed E-state index contributed by atoms with van der Waals surface area (Å²) in [5.74, 6) is 1.68. The Kier molecular flexibility index (Phi) is 3.05. The van der Waals surface area contributed by atoms with Crippen LogP contribution in [0.15, 0.2) is 47.0 Å². The molecule has 0 radical (unpaired) electrons. The molecule has 0 atom stereocenters. The third-order valence-corrected chi connectivity index (χ3v) is 3.62. The lowest BCUT2D eigenvalue weighted by molar-refractivity contribution is 0.122. The second-order valence-electron chi connectivity index (χ2n) is 4.99.